The molecule has 2 aromatic carbocycles. The smallest absolute Gasteiger partial charge is 0.255 e. The van der Waals surface area contributed by atoms with E-state index in [1.165, 1.54) is 0 Å². The highest BCUT2D eigenvalue weighted by atomic mass is 16.5. The van der Waals surface area contributed by atoms with Crippen molar-refractivity contribution in [3.05, 3.63) is 59.7 Å². The zero-order chi connectivity index (χ0) is 17.5. The molecule has 0 saturated heterocycles. The number of nitrogens with one attached hydrogen (secondary N) is 1. The van der Waals surface area contributed by atoms with Crippen LogP contribution < -0.4 is 14.8 Å². The highest BCUT2D eigenvalue weighted by Gasteiger charge is 2.19. The Hall–Kier alpha value is -2.49. The van der Waals surface area contributed by atoms with Crippen LogP contribution in [0.5, 0.6) is 11.5 Å². The minimum Gasteiger partial charge on any atom is -0.497 e. The second-order valence-corrected chi connectivity index (χ2v) is 6.13. The number of benzene rings is 2. The van der Waals surface area contributed by atoms with Crippen molar-refractivity contribution in [1.29, 1.82) is 0 Å². The van der Waals surface area contributed by atoms with Crippen molar-refractivity contribution in [2.75, 3.05) is 14.2 Å². The molecule has 4 nitrogen and oxygen atoms in total. The van der Waals surface area contributed by atoms with Crippen molar-refractivity contribution in [2.45, 2.75) is 26.3 Å². The molecule has 0 spiro atoms. The molecule has 1 unspecified atom stereocenters. The molecule has 0 saturated carbocycles. The monoisotopic (exact) mass is 327 g/mol. The van der Waals surface area contributed by atoms with E-state index < -0.39 is 0 Å². The highest BCUT2D eigenvalue weighted by Crippen LogP contribution is 2.26. The van der Waals surface area contributed by atoms with Crippen LogP contribution in [0.1, 0.15) is 42.2 Å². The van der Waals surface area contributed by atoms with E-state index in [0.717, 1.165) is 12.0 Å². The van der Waals surface area contributed by atoms with E-state index in [9.17, 15) is 4.79 Å². The van der Waals surface area contributed by atoms with E-state index in [2.05, 4.69) is 19.2 Å². The van der Waals surface area contributed by atoms with E-state index in [0.29, 0.717) is 23.0 Å². The summed E-state index contributed by atoms with van der Waals surface area (Å²) < 4.78 is 10.5. The number of hydrogen-bond acceptors (Lipinski definition) is 3. The summed E-state index contributed by atoms with van der Waals surface area (Å²) in [6.07, 6.45) is 0.869. The first-order chi connectivity index (χ1) is 11.5. The maximum Gasteiger partial charge on any atom is 0.255 e. The zero-order valence-electron chi connectivity index (χ0n) is 14.7. The molecule has 0 aliphatic carbocycles. The Bertz CT molecular complexity index is 668. The van der Waals surface area contributed by atoms with Gasteiger partial charge in [0.2, 0.25) is 0 Å². The van der Waals surface area contributed by atoms with Crippen molar-refractivity contribution in [1.82, 2.24) is 5.32 Å². The van der Waals surface area contributed by atoms with Gasteiger partial charge in [-0.2, -0.15) is 0 Å². The topological polar surface area (TPSA) is 47.6 Å². The molecule has 0 heterocycles. The maximum atomic E-state index is 12.8. The summed E-state index contributed by atoms with van der Waals surface area (Å²) in [6, 6.07) is 15.2. The molecule has 1 N–H and O–H groups in total. The molecular formula is C20H25NO3. The third kappa shape index (κ3) is 4.51. The molecule has 0 aliphatic rings. The summed E-state index contributed by atoms with van der Waals surface area (Å²) in [6.45, 7) is 4.30. The largest absolute Gasteiger partial charge is 0.497 e. The molecule has 0 aliphatic heterocycles. The van der Waals surface area contributed by atoms with Crippen LogP contribution in [0.2, 0.25) is 0 Å². The fourth-order valence-corrected chi connectivity index (χ4v) is 2.66. The summed E-state index contributed by atoms with van der Waals surface area (Å²) >= 11 is 0. The van der Waals surface area contributed by atoms with E-state index in [1.54, 1.807) is 32.4 Å². The van der Waals surface area contributed by atoms with Gasteiger partial charge in [-0.25, -0.2) is 0 Å². The van der Waals surface area contributed by atoms with Crippen molar-refractivity contribution in [3.63, 3.8) is 0 Å². The molecule has 2 rings (SSSR count). The number of rotatable bonds is 7. The first-order valence-corrected chi connectivity index (χ1v) is 8.13. The van der Waals surface area contributed by atoms with Crippen molar-refractivity contribution in [3.8, 4) is 11.5 Å². The van der Waals surface area contributed by atoms with Gasteiger partial charge in [-0.15, -0.1) is 0 Å². The van der Waals surface area contributed by atoms with Gasteiger partial charge in [0.1, 0.15) is 11.5 Å². The van der Waals surface area contributed by atoms with Crippen molar-refractivity contribution in [2.24, 2.45) is 5.92 Å². The minimum absolute atomic E-state index is 0.0366. The third-order valence-electron chi connectivity index (χ3n) is 3.87. The van der Waals surface area contributed by atoms with Crippen molar-refractivity contribution < 1.29 is 14.3 Å². The Balaban J connectivity index is 2.24. The predicted molar refractivity (Wildman–Crippen MR) is 95.7 cm³/mol. The second-order valence-electron chi connectivity index (χ2n) is 6.13. The molecule has 0 radical (unpaired) electrons. The lowest BCUT2D eigenvalue weighted by atomic mass is 9.96. The Labute approximate surface area is 143 Å². The highest BCUT2D eigenvalue weighted by molar-refractivity contribution is 5.97. The number of hydrogen-bond donors (Lipinski definition) is 1. The summed E-state index contributed by atoms with van der Waals surface area (Å²) in [4.78, 5) is 12.8. The van der Waals surface area contributed by atoms with Crippen LogP contribution in [0.4, 0.5) is 0 Å². The van der Waals surface area contributed by atoms with Gasteiger partial charge >= 0.3 is 0 Å². The Morgan fingerprint density at radius 2 is 1.75 bits per heavy atom. The Kier molecular flexibility index (Phi) is 6.24. The van der Waals surface area contributed by atoms with E-state index in [-0.39, 0.29) is 11.9 Å². The summed E-state index contributed by atoms with van der Waals surface area (Å²) in [5.41, 5.74) is 1.61. The van der Waals surface area contributed by atoms with Gasteiger partial charge in [0, 0.05) is 6.07 Å². The van der Waals surface area contributed by atoms with Crippen molar-refractivity contribution >= 4 is 5.91 Å². The van der Waals surface area contributed by atoms with Crippen LogP contribution in [0, 0.1) is 5.92 Å². The molecule has 1 atom stereocenters. The maximum absolute atomic E-state index is 12.8. The molecule has 2 aromatic rings. The van der Waals surface area contributed by atoms with Crippen LogP contribution in [-0.2, 0) is 0 Å². The molecule has 0 fully saturated rings. The molecule has 0 bridgehead atoms. The fourth-order valence-electron chi connectivity index (χ4n) is 2.66. The summed E-state index contributed by atoms with van der Waals surface area (Å²) in [7, 11) is 3.14. The van der Waals surface area contributed by atoms with Gasteiger partial charge in [-0.05, 0) is 30.0 Å². The van der Waals surface area contributed by atoms with Gasteiger partial charge in [0.05, 0.1) is 25.8 Å². The standard InChI is InChI=1S/C20H25NO3/c1-14(2)12-18(15-8-6-5-7-9-15)21-20(22)17-11-10-16(23-3)13-19(17)24-4/h5-11,13-14,18H,12H2,1-4H3,(H,21,22). The number of ether oxygens (including phenoxy) is 2. The number of carbonyl (C=O) groups excluding carboxylic acids is 1. The molecule has 24 heavy (non-hydrogen) atoms. The summed E-state index contributed by atoms with van der Waals surface area (Å²) in [5.74, 6) is 1.48. The predicted octanol–water partition coefficient (Wildman–Crippen LogP) is 4.22. The van der Waals surface area contributed by atoms with Gasteiger partial charge in [-0.1, -0.05) is 44.2 Å². The van der Waals surface area contributed by atoms with Crippen LogP contribution in [0.3, 0.4) is 0 Å². The lowest BCUT2D eigenvalue weighted by Gasteiger charge is -2.22. The van der Waals surface area contributed by atoms with Crippen LogP contribution >= 0.6 is 0 Å². The molecule has 1 amide bonds. The Morgan fingerprint density at radius 3 is 2.33 bits per heavy atom. The van der Waals surface area contributed by atoms with Gasteiger partial charge in [0.25, 0.3) is 5.91 Å². The molecule has 4 heteroatoms. The molecular weight excluding hydrogens is 302 g/mol. The third-order valence-corrected chi connectivity index (χ3v) is 3.87. The first-order valence-electron chi connectivity index (χ1n) is 8.13. The molecule has 128 valence electrons. The number of amides is 1. The lowest BCUT2D eigenvalue weighted by molar-refractivity contribution is 0.0929. The van der Waals surface area contributed by atoms with E-state index >= 15 is 0 Å². The fraction of sp³-hybridized carbons (Fsp3) is 0.350. The zero-order valence-corrected chi connectivity index (χ0v) is 14.7. The van der Waals surface area contributed by atoms with Crippen LogP contribution in [-0.4, -0.2) is 20.1 Å². The quantitative estimate of drug-likeness (QED) is 0.828. The number of carbonyl (C=O) groups is 1. The Morgan fingerprint density at radius 1 is 1.04 bits per heavy atom. The minimum atomic E-state index is -0.149. The first kappa shape index (κ1) is 17.9. The number of methoxy groups -OCH3 is 2. The van der Waals surface area contributed by atoms with Gasteiger partial charge in [-0.3, -0.25) is 4.79 Å². The van der Waals surface area contributed by atoms with E-state index in [1.807, 2.05) is 30.3 Å². The average Bonchev–Trinajstić information content (AvgIpc) is 2.60. The lowest BCUT2D eigenvalue weighted by Crippen LogP contribution is -2.29. The van der Waals surface area contributed by atoms with Crippen LogP contribution in [0.15, 0.2) is 48.5 Å². The van der Waals surface area contributed by atoms with Crippen LogP contribution in [0.25, 0.3) is 0 Å². The average molecular weight is 327 g/mol. The second kappa shape index (κ2) is 8.39. The van der Waals surface area contributed by atoms with Gasteiger partial charge < -0.3 is 14.8 Å². The van der Waals surface area contributed by atoms with E-state index in [4.69, 9.17) is 9.47 Å². The SMILES string of the molecule is COc1ccc(C(=O)NC(CC(C)C)c2ccccc2)c(OC)c1. The summed E-state index contributed by atoms with van der Waals surface area (Å²) in [5, 5.41) is 3.13. The molecule has 0 aromatic heterocycles. The van der Waals surface area contributed by atoms with Gasteiger partial charge in [0.15, 0.2) is 0 Å². The normalized spacial score (nSPS) is 11.9.